The lowest BCUT2D eigenvalue weighted by atomic mass is 10.4. The molecule has 5 heteroatoms. The Morgan fingerprint density at radius 1 is 1.36 bits per heavy atom. The van der Waals surface area contributed by atoms with E-state index in [2.05, 4.69) is 10.6 Å². The van der Waals surface area contributed by atoms with Crippen LogP contribution in [0.5, 0.6) is 0 Å². The van der Waals surface area contributed by atoms with Gasteiger partial charge in [0.05, 0.1) is 0 Å². The molecule has 2 N–H and O–H groups in total. The summed E-state index contributed by atoms with van der Waals surface area (Å²) in [5.41, 5.74) is 0. The fourth-order valence-corrected chi connectivity index (χ4v) is 0.971. The first kappa shape index (κ1) is 10.8. The topological polar surface area (TPSA) is 61.4 Å². The highest BCUT2D eigenvalue weighted by Crippen LogP contribution is 2.18. The SMILES string of the molecule is CN(C)C(=O)CCNC(=O)NC1CC1. The van der Waals surface area contributed by atoms with Crippen molar-refractivity contribution < 1.29 is 9.59 Å². The third kappa shape index (κ3) is 4.11. The molecule has 1 aliphatic rings. The zero-order chi connectivity index (χ0) is 10.6. The Labute approximate surface area is 83.8 Å². The van der Waals surface area contributed by atoms with Gasteiger partial charge in [-0.05, 0) is 12.8 Å². The minimum atomic E-state index is -0.168. The Bertz CT molecular complexity index is 224. The Morgan fingerprint density at radius 2 is 2.00 bits per heavy atom. The van der Waals surface area contributed by atoms with Gasteiger partial charge >= 0.3 is 6.03 Å². The lowest BCUT2D eigenvalue weighted by Crippen LogP contribution is -2.38. The van der Waals surface area contributed by atoms with Gasteiger partial charge < -0.3 is 15.5 Å². The van der Waals surface area contributed by atoms with E-state index in [4.69, 9.17) is 0 Å². The van der Waals surface area contributed by atoms with E-state index in [1.165, 1.54) is 4.90 Å². The summed E-state index contributed by atoms with van der Waals surface area (Å²) in [4.78, 5) is 23.7. The number of hydrogen-bond donors (Lipinski definition) is 2. The maximum atomic E-state index is 11.1. The number of carbonyl (C=O) groups is 2. The highest BCUT2D eigenvalue weighted by molar-refractivity contribution is 5.78. The number of amides is 3. The van der Waals surface area contributed by atoms with Crippen LogP contribution in [0.3, 0.4) is 0 Å². The molecule has 0 spiro atoms. The van der Waals surface area contributed by atoms with Gasteiger partial charge in [0, 0.05) is 33.1 Å². The zero-order valence-electron chi connectivity index (χ0n) is 8.67. The molecule has 0 aromatic carbocycles. The number of carbonyl (C=O) groups excluding carboxylic acids is 2. The maximum absolute atomic E-state index is 11.1. The molecule has 14 heavy (non-hydrogen) atoms. The number of urea groups is 1. The quantitative estimate of drug-likeness (QED) is 0.665. The van der Waals surface area contributed by atoms with Gasteiger partial charge in [-0.1, -0.05) is 0 Å². The Kier molecular flexibility index (Phi) is 3.73. The summed E-state index contributed by atoms with van der Waals surface area (Å²) in [6.07, 6.45) is 2.50. The molecule has 1 fully saturated rings. The van der Waals surface area contributed by atoms with Crippen molar-refractivity contribution >= 4 is 11.9 Å². The fraction of sp³-hybridized carbons (Fsp3) is 0.778. The van der Waals surface area contributed by atoms with Crippen molar-refractivity contribution in [1.82, 2.24) is 15.5 Å². The normalized spacial score (nSPS) is 14.7. The Hall–Kier alpha value is -1.26. The first-order valence-corrected chi connectivity index (χ1v) is 4.84. The average Bonchev–Trinajstić information content (AvgIpc) is 2.87. The van der Waals surface area contributed by atoms with Crippen molar-refractivity contribution in [2.75, 3.05) is 20.6 Å². The first-order chi connectivity index (χ1) is 6.59. The van der Waals surface area contributed by atoms with E-state index in [-0.39, 0.29) is 11.9 Å². The molecule has 1 aliphatic carbocycles. The second-order valence-corrected chi connectivity index (χ2v) is 3.71. The Morgan fingerprint density at radius 3 is 2.50 bits per heavy atom. The van der Waals surface area contributed by atoms with Gasteiger partial charge in [-0.15, -0.1) is 0 Å². The molecule has 0 heterocycles. The summed E-state index contributed by atoms with van der Waals surface area (Å²) in [5, 5.41) is 5.42. The molecule has 0 aromatic rings. The third-order valence-corrected chi connectivity index (χ3v) is 2.04. The number of nitrogens with zero attached hydrogens (tertiary/aromatic N) is 1. The van der Waals surface area contributed by atoms with Crippen LogP contribution in [-0.4, -0.2) is 43.5 Å². The molecule has 0 saturated heterocycles. The average molecular weight is 199 g/mol. The maximum Gasteiger partial charge on any atom is 0.315 e. The molecule has 5 nitrogen and oxygen atoms in total. The van der Waals surface area contributed by atoms with Gasteiger partial charge in [0.25, 0.3) is 0 Å². The summed E-state index contributed by atoms with van der Waals surface area (Å²) in [6.45, 7) is 0.398. The van der Waals surface area contributed by atoms with Gasteiger partial charge in [-0.2, -0.15) is 0 Å². The number of nitrogens with one attached hydrogen (secondary N) is 2. The molecule has 0 atom stereocenters. The molecule has 0 bridgehead atoms. The van der Waals surface area contributed by atoms with Crippen molar-refractivity contribution in [2.24, 2.45) is 0 Å². The lowest BCUT2D eigenvalue weighted by molar-refractivity contribution is -0.128. The molecular weight excluding hydrogens is 182 g/mol. The van der Waals surface area contributed by atoms with Gasteiger partial charge in [0.15, 0.2) is 0 Å². The molecule has 3 amide bonds. The summed E-state index contributed by atoms with van der Waals surface area (Å²) in [5.74, 6) is 0.0247. The van der Waals surface area contributed by atoms with Crippen LogP contribution in [-0.2, 0) is 4.79 Å². The molecule has 1 saturated carbocycles. The minimum absolute atomic E-state index is 0.0247. The summed E-state index contributed by atoms with van der Waals surface area (Å²) in [7, 11) is 3.40. The molecule has 0 aromatic heterocycles. The van der Waals surface area contributed by atoms with Gasteiger partial charge in [-0.25, -0.2) is 4.79 Å². The summed E-state index contributed by atoms with van der Waals surface area (Å²) in [6, 6.07) is 0.193. The van der Waals surface area contributed by atoms with Crippen LogP contribution in [0.1, 0.15) is 19.3 Å². The molecule has 0 radical (unpaired) electrons. The number of rotatable bonds is 4. The molecule has 0 unspecified atom stereocenters. The van der Waals surface area contributed by atoms with Crippen molar-refractivity contribution in [3.8, 4) is 0 Å². The summed E-state index contributed by atoms with van der Waals surface area (Å²) < 4.78 is 0. The largest absolute Gasteiger partial charge is 0.349 e. The van der Waals surface area contributed by atoms with Crippen LogP contribution in [0.25, 0.3) is 0 Å². The van der Waals surface area contributed by atoms with Gasteiger partial charge in [0.2, 0.25) is 5.91 Å². The fourth-order valence-electron chi connectivity index (χ4n) is 0.971. The third-order valence-electron chi connectivity index (χ3n) is 2.04. The van der Waals surface area contributed by atoms with E-state index < -0.39 is 0 Å². The molecule has 0 aliphatic heterocycles. The van der Waals surface area contributed by atoms with Crippen LogP contribution < -0.4 is 10.6 Å². The monoisotopic (exact) mass is 199 g/mol. The van der Waals surface area contributed by atoms with Crippen molar-refractivity contribution in [3.63, 3.8) is 0 Å². The second-order valence-electron chi connectivity index (χ2n) is 3.71. The van der Waals surface area contributed by atoms with E-state index in [0.29, 0.717) is 19.0 Å². The standard InChI is InChI=1S/C9H17N3O2/c1-12(2)8(13)5-6-10-9(14)11-7-3-4-7/h7H,3-6H2,1-2H3,(H2,10,11,14). The van der Waals surface area contributed by atoms with Crippen LogP contribution in [0, 0.1) is 0 Å². The van der Waals surface area contributed by atoms with E-state index in [1.807, 2.05) is 0 Å². The van der Waals surface area contributed by atoms with Crippen molar-refractivity contribution in [1.29, 1.82) is 0 Å². The summed E-state index contributed by atoms with van der Waals surface area (Å²) >= 11 is 0. The lowest BCUT2D eigenvalue weighted by Gasteiger charge is -2.10. The predicted octanol–water partition coefficient (Wildman–Crippen LogP) is -0.0737. The molecule has 1 rings (SSSR count). The predicted molar refractivity (Wildman–Crippen MR) is 52.9 cm³/mol. The molecular formula is C9H17N3O2. The second kappa shape index (κ2) is 4.83. The van der Waals surface area contributed by atoms with Crippen LogP contribution in [0.4, 0.5) is 4.79 Å². The van der Waals surface area contributed by atoms with Gasteiger partial charge in [-0.3, -0.25) is 4.79 Å². The van der Waals surface area contributed by atoms with Crippen molar-refractivity contribution in [2.45, 2.75) is 25.3 Å². The van der Waals surface area contributed by atoms with Gasteiger partial charge in [0.1, 0.15) is 0 Å². The van der Waals surface area contributed by atoms with E-state index in [0.717, 1.165) is 12.8 Å². The zero-order valence-corrected chi connectivity index (χ0v) is 8.67. The Balaban J connectivity index is 2.02. The van der Waals surface area contributed by atoms with E-state index in [9.17, 15) is 9.59 Å². The van der Waals surface area contributed by atoms with E-state index >= 15 is 0 Å². The smallest absolute Gasteiger partial charge is 0.315 e. The van der Waals surface area contributed by atoms with Crippen LogP contribution in [0.2, 0.25) is 0 Å². The van der Waals surface area contributed by atoms with Crippen molar-refractivity contribution in [3.05, 3.63) is 0 Å². The first-order valence-electron chi connectivity index (χ1n) is 4.84. The number of hydrogen-bond acceptors (Lipinski definition) is 2. The molecule has 80 valence electrons. The highest BCUT2D eigenvalue weighted by atomic mass is 16.2. The highest BCUT2D eigenvalue weighted by Gasteiger charge is 2.22. The van der Waals surface area contributed by atoms with E-state index in [1.54, 1.807) is 14.1 Å². The van der Waals surface area contributed by atoms with Crippen LogP contribution >= 0.6 is 0 Å². The van der Waals surface area contributed by atoms with Crippen LogP contribution in [0.15, 0.2) is 0 Å². The minimum Gasteiger partial charge on any atom is -0.349 e.